The number of aromatic nitrogens is 1. The molecule has 0 unspecified atom stereocenters. The number of amides is 1. The van der Waals surface area contributed by atoms with Gasteiger partial charge in [0.1, 0.15) is 10.8 Å². The first kappa shape index (κ1) is 14.3. The zero-order valence-corrected chi connectivity index (χ0v) is 12.4. The van der Waals surface area contributed by atoms with E-state index in [2.05, 4.69) is 5.32 Å². The summed E-state index contributed by atoms with van der Waals surface area (Å²) in [6, 6.07) is 8.81. The first-order valence-corrected chi connectivity index (χ1v) is 6.66. The molecule has 0 saturated heterocycles. The Hall–Kier alpha value is -1.16. The van der Waals surface area contributed by atoms with Crippen molar-refractivity contribution in [3.8, 4) is 0 Å². The molecule has 1 aromatic carbocycles. The van der Waals surface area contributed by atoms with Gasteiger partial charge in [0.15, 0.2) is 0 Å². The van der Waals surface area contributed by atoms with Crippen molar-refractivity contribution >= 4 is 40.7 Å². The van der Waals surface area contributed by atoms with E-state index < -0.39 is 0 Å². The van der Waals surface area contributed by atoms with E-state index in [9.17, 15) is 4.79 Å². The smallest absolute Gasteiger partial charge is 0.268 e. The number of rotatable bonds is 3. The minimum absolute atomic E-state index is 0.230. The first-order valence-electron chi connectivity index (χ1n) is 5.52. The van der Waals surface area contributed by atoms with Crippen molar-refractivity contribution < 1.29 is 4.79 Å². The Labute approximate surface area is 126 Å². The second-order valence-corrected chi connectivity index (χ2v) is 5.24. The Morgan fingerprint density at radius 2 is 1.84 bits per heavy atom. The van der Waals surface area contributed by atoms with Crippen LogP contribution in [-0.2, 0) is 13.6 Å². The van der Waals surface area contributed by atoms with Crippen molar-refractivity contribution in [1.82, 2.24) is 9.88 Å². The van der Waals surface area contributed by atoms with Crippen molar-refractivity contribution in [2.24, 2.45) is 7.05 Å². The van der Waals surface area contributed by atoms with Crippen LogP contribution in [0, 0.1) is 0 Å². The van der Waals surface area contributed by atoms with Gasteiger partial charge in [-0.15, -0.1) is 0 Å². The van der Waals surface area contributed by atoms with Crippen LogP contribution in [0.1, 0.15) is 16.1 Å². The average Bonchev–Trinajstić information content (AvgIpc) is 2.65. The fraction of sp³-hybridized carbons (Fsp3) is 0.154. The maximum absolute atomic E-state index is 12.0. The van der Waals surface area contributed by atoms with Gasteiger partial charge in [-0.3, -0.25) is 4.79 Å². The van der Waals surface area contributed by atoms with Crippen molar-refractivity contribution in [2.45, 2.75) is 6.54 Å². The zero-order chi connectivity index (χ0) is 14.0. The van der Waals surface area contributed by atoms with Crippen LogP contribution in [0.2, 0.25) is 15.2 Å². The largest absolute Gasteiger partial charge is 0.347 e. The van der Waals surface area contributed by atoms with Crippen LogP contribution in [0.3, 0.4) is 0 Å². The molecule has 3 nitrogen and oxygen atoms in total. The lowest BCUT2D eigenvalue weighted by molar-refractivity contribution is 0.0943. The van der Waals surface area contributed by atoms with E-state index in [0.717, 1.165) is 5.56 Å². The van der Waals surface area contributed by atoms with Gasteiger partial charge in [-0.1, -0.05) is 46.9 Å². The fourth-order valence-corrected chi connectivity index (χ4v) is 2.14. The molecule has 1 heterocycles. The lowest BCUT2D eigenvalue weighted by Gasteiger charge is -2.06. The quantitative estimate of drug-likeness (QED) is 0.915. The third kappa shape index (κ3) is 3.24. The summed E-state index contributed by atoms with van der Waals surface area (Å²) in [7, 11) is 1.69. The normalized spacial score (nSPS) is 10.5. The third-order valence-corrected chi connectivity index (χ3v) is 3.81. The van der Waals surface area contributed by atoms with Crippen LogP contribution >= 0.6 is 34.8 Å². The number of carbonyl (C=O) groups excluding carboxylic acids is 1. The SMILES string of the molecule is Cn1c(C(=O)NCc2ccc(Cl)cc2)cc(Cl)c1Cl. The molecule has 1 N–H and O–H groups in total. The van der Waals surface area contributed by atoms with E-state index in [-0.39, 0.29) is 5.91 Å². The summed E-state index contributed by atoms with van der Waals surface area (Å²) in [5, 5.41) is 4.17. The minimum Gasteiger partial charge on any atom is -0.347 e. The van der Waals surface area contributed by atoms with Gasteiger partial charge in [0.05, 0.1) is 5.02 Å². The van der Waals surface area contributed by atoms with Gasteiger partial charge in [-0.2, -0.15) is 0 Å². The van der Waals surface area contributed by atoms with Crippen LogP contribution in [0.5, 0.6) is 0 Å². The molecular formula is C13H11Cl3N2O. The molecule has 100 valence electrons. The Morgan fingerprint density at radius 3 is 2.37 bits per heavy atom. The van der Waals surface area contributed by atoms with Gasteiger partial charge < -0.3 is 9.88 Å². The summed E-state index contributed by atoms with van der Waals surface area (Å²) < 4.78 is 1.54. The van der Waals surface area contributed by atoms with Gasteiger partial charge in [0.2, 0.25) is 0 Å². The molecule has 0 atom stereocenters. The van der Waals surface area contributed by atoms with Crippen molar-refractivity contribution in [1.29, 1.82) is 0 Å². The molecule has 19 heavy (non-hydrogen) atoms. The molecule has 0 aliphatic heterocycles. The van der Waals surface area contributed by atoms with E-state index in [4.69, 9.17) is 34.8 Å². The molecule has 0 fully saturated rings. The zero-order valence-electron chi connectivity index (χ0n) is 10.1. The topological polar surface area (TPSA) is 34.0 Å². The standard InChI is InChI=1S/C13H11Cl3N2O/c1-18-11(6-10(15)12(18)16)13(19)17-7-8-2-4-9(14)5-3-8/h2-6H,7H2,1H3,(H,17,19). The molecule has 0 aliphatic carbocycles. The van der Waals surface area contributed by atoms with E-state index in [0.29, 0.717) is 27.4 Å². The summed E-state index contributed by atoms with van der Waals surface area (Å²) in [5.41, 5.74) is 1.38. The predicted molar refractivity (Wildman–Crippen MR) is 78.1 cm³/mol. The van der Waals surface area contributed by atoms with Crippen LogP contribution in [0.15, 0.2) is 30.3 Å². The van der Waals surface area contributed by atoms with E-state index >= 15 is 0 Å². The Morgan fingerprint density at radius 1 is 1.21 bits per heavy atom. The summed E-state index contributed by atoms with van der Waals surface area (Å²) in [6.45, 7) is 0.413. The van der Waals surface area contributed by atoms with Crippen molar-refractivity contribution in [2.75, 3.05) is 0 Å². The van der Waals surface area contributed by atoms with Crippen molar-refractivity contribution in [3.63, 3.8) is 0 Å². The Bertz CT molecular complexity index is 605. The molecule has 0 saturated carbocycles. The van der Waals surface area contributed by atoms with Crippen LogP contribution in [-0.4, -0.2) is 10.5 Å². The van der Waals surface area contributed by atoms with E-state index in [1.807, 2.05) is 12.1 Å². The highest BCUT2D eigenvalue weighted by atomic mass is 35.5. The van der Waals surface area contributed by atoms with Crippen LogP contribution in [0.4, 0.5) is 0 Å². The number of halogens is 3. The number of nitrogens with one attached hydrogen (secondary N) is 1. The fourth-order valence-electron chi connectivity index (χ4n) is 1.64. The maximum atomic E-state index is 12.0. The van der Waals surface area contributed by atoms with Crippen molar-refractivity contribution in [3.05, 3.63) is 56.8 Å². The van der Waals surface area contributed by atoms with Gasteiger partial charge in [0.25, 0.3) is 5.91 Å². The molecule has 0 spiro atoms. The summed E-state index contributed by atoms with van der Waals surface area (Å²) in [6.07, 6.45) is 0. The summed E-state index contributed by atoms with van der Waals surface area (Å²) in [5.74, 6) is -0.230. The molecule has 0 aliphatic rings. The average molecular weight is 318 g/mol. The maximum Gasteiger partial charge on any atom is 0.268 e. The highest BCUT2D eigenvalue weighted by molar-refractivity contribution is 6.41. The van der Waals surface area contributed by atoms with E-state index in [1.54, 1.807) is 29.8 Å². The Kier molecular flexibility index (Phi) is 4.40. The highest BCUT2D eigenvalue weighted by Gasteiger charge is 2.15. The van der Waals surface area contributed by atoms with Gasteiger partial charge >= 0.3 is 0 Å². The summed E-state index contributed by atoms with van der Waals surface area (Å²) in [4.78, 5) is 12.0. The molecule has 1 amide bonds. The number of carbonyl (C=O) groups is 1. The molecule has 2 aromatic rings. The molecular weight excluding hydrogens is 307 g/mol. The number of hydrogen-bond acceptors (Lipinski definition) is 1. The summed E-state index contributed by atoms with van der Waals surface area (Å²) >= 11 is 17.6. The van der Waals surface area contributed by atoms with Crippen LogP contribution < -0.4 is 5.32 Å². The molecule has 2 rings (SSSR count). The molecule has 1 aromatic heterocycles. The third-order valence-electron chi connectivity index (χ3n) is 2.72. The Balaban J connectivity index is 2.05. The number of nitrogens with zero attached hydrogens (tertiary/aromatic N) is 1. The van der Waals surface area contributed by atoms with Crippen LogP contribution in [0.25, 0.3) is 0 Å². The molecule has 0 radical (unpaired) electrons. The van der Waals surface area contributed by atoms with Gasteiger partial charge in [-0.25, -0.2) is 0 Å². The first-order chi connectivity index (χ1) is 8.99. The lowest BCUT2D eigenvalue weighted by Crippen LogP contribution is -2.24. The monoisotopic (exact) mass is 316 g/mol. The molecule has 6 heteroatoms. The van der Waals surface area contributed by atoms with Gasteiger partial charge in [0, 0.05) is 18.6 Å². The lowest BCUT2D eigenvalue weighted by atomic mass is 10.2. The van der Waals surface area contributed by atoms with E-state index in [1.165, 1.54) is 0 Å². The predicted octanol–water partition coefficient (Wildman–Crippen LogP) is 3.92. The van der Waals surface area contributed by atoms with Gasteiger partial charge in [-0.05, 0) is 23.8 Å². The number of benzene rings is 1. The number of hydrogen-bond donors (Lipinski definition) is 1. The second-order valence-electron chi connectivity index (χ2n) is 4.04. The minimum atomic E-state index is -0.230. The second kappa shape index (κ2) is 5.87. The molecule has 0 bridgehead atoms. The highest BCUT2D eigenvalue weighted by Crippen LogP contribution is 2.25.